The molecule has 0 radical (unpaired) electrons. The zero-order valence-corrected chi connectivity index (χ0v) is 10.3. The third-order valence-corrected chi connectivity index (χ3v) is 2.38. The van der Waals surface area contributed by atoms with Crippen LogP contribution in [-0.4, -0.2) is 19.7 Å². The minimum absolute atomic E-state index is 0.462. The molecule has 0 amide bonds. The van der Waals surface area contributed by atoms with Gasteiger partial charge in [0, 0.05) is 11.9 Å². The Labute approximate surface area is 100 Å². The third kappa shape index (κ3) is 2.76. The molecular weight excluding hydrogens is 279 g/mol. The lowest BCUT2D eigenvalue weighted by atomic mass is 10.4. The van der Waals surface area contributed by atoms with Crippen molar-refractivity contribution in [2.24, 2.45) is 0 Å². The van der Waals surface area contributed by atoms with Gasteiger partial charge >= 0.3 is 0 Å². The Morgan fingerprint density at radius 3 is 2.87 bits per heavy atom. The van der Waals surface area contributed by atoms with Gasteiger partial charge in [0.1, 0.15) is 11.7 Å². The number of halogens is 2. The van der Waals surface area contributed by atoms with Gasteiger partial charge in [0.05, 0.1) is 10.7 Å². The van der Waals surface area contributed by atoms with E-state index >= 15 is 0 Å². The van der Waals surface area contributed by atoms with E-state index in [2.05, 4.69) is 31.0 Å². The van der Waals surface area contributed by atoms with E-state index in [-0.39, 0.29) is 0 Å². The summed E-state index contributed by atoms with van der Waals surface area (Å²) in [6.07, 6.45) is 3.58. The van der Waals surface area contributed by atoms with Crippen LogP contribution in [-0.2, 0) is 6.54 Å². The first-order valence-electron chi connectivity index (χ1n) is 4.31. The van der Waals surface area contributed by atoms with Crippen molar-refractivity contribution < 1.29 is 0 Å². The summed E-state index contributed by atoms with van der Waals surface area (Å²) in [5.41, 5.74) is 0.858. The van der Waals surface area contributed by atoms with Crippen molar-refractivity contribution in [2.75, 3.05) is 0 Å². The van der Waals surface area contributed by atoms with Crippen LogP contribution in [0.25, 0.3) is 0 Å². The molecule has 4 nitrogen and oxygen atoms in total. The van der Waals surface area contributed by atoms with Crippen LogP contribution in [0.2, 0.25) is 5.15 Å². The molecule has 0 saturated carbocycles. The minimum atomic E-state index is 0.462. The summed E-state index contributed by atoms with van der Waals surface area (Å²) in [7, 11) is 0. The van der Waals surface area contributed by atoms with Crippen LogP contribution >= 0.6 is 27.5 Å². The first-order valence-corrected chi connectivity index (χ1v) is 5.48. The molecule has 0 saturated heterocycles. The molecule has 0 aliphatic rings. The molecule has 0 aliphatic heterocycles. The van der Waals surface area contributed by atoms with Crippen molar-refractivity contribution >= 4 is 27.5 Å². The van der Waals surface area contributed by atoms with E-state index in [1.807, 2.05) is 13.1 Å². The third-order valence-electron chi connectivity index (χ3n) is 1.77. The highest BCUT2D eigenvalue weighted by Gasteiger charge is 2.02. The Morgan fingerprint density at radius 1 is 1.47 bits per heavy atom. The highest BCUT2D eigenvalue weighted by Crippen LogP contribution is 2.09. The van der Waals surface area contributed by atoms with Crippen LogP contribution in [0, 0.1) is 6.92 Å². The predicted molar refractivity (Wildman–Crippen MR) is 60.8 cm³/mol. The second-order valence-corrected chi connectivity index (χ2v) is 4.41. The molecule has 0 N–H and O–H groups in total. The van der Waals surface area contributed by atoms with Gasteiger partial charge in [-0.05, 0) is 28.9 Å². The lowest BCUT2D eigenvalue weighted by molar-refractivity contribution is 0.652. The molecule has 0 fully saturated rings. The van der Waals surface area contributed by atoms with E-state index in [4.69, 9.17) is 11.6 Å². The number of aryl methyl sites for hydroxylation is 1. The molecule has 2 aromatic heterocycles. The highest BCUT2D eigenvalue weighted by atomic mass is 79.9. The van der Waals surface area contributed by atoms with E-state index in [1.165, 1.54) is 0 Å². The maximum atomic E-state index is 5.83. The Bertz CT molecular complexity index is 462. The van der Waals surface area contributed by atoms with Gasteiger partial charge in [-0.3, -0.25) is 4.68 Å². The van der Waals surface area contributed by atoms with Crippen molar-refractivity contribution in [1.82, 2.24) is 19.7 Å². The SMILES string of the molecule is Cc1cc(Cl)nc(Cn2cc(Br)cn2)n1. The van der Waals surface area contributed by atoms with E-state index in [1.54, 1.807) is 16.9 Å². The largest absolute Gasteiger partial charge is 0.264 e. The van der Waals surface area contributed by atoms with Crippen molar-refractivity contribution in [3.8, 4) is 0 Å². The van der Waals surface area contributed by atoms with Gasteiger partial charge in [-0.2, -0.15) is 5.10 Å². The number of hydrogen-bond donors (Lipinski definition) is 0. The van der Waals surface area contributed by atoms with Gasteiger partial charge in [0.15, 0.2) is 5.82 Å². The van der Waals surface area contributed by atoms with Crippen molar-refractivity contribution in [1.29, 1.82) is 0 Å². The van der Waals surface area contributed by atoms with Crippen LogP contribution in [0.15, 0.2) is 22.9 Å². The number of hydrogen-bond acceptors (Lipinski definition) is 3. The summed E-state index contributed by atoms with van der Waals surface area (Å²) in [4.78, 5) is 8.38. The number of nitrogens with zero attached hydrogens (tertiary/aromatic N) is 4. The Balaban J connectivity index is 2.24. The molecule has 0 aliphatic carbocycles. The average Bonchev–Trinajstić information content (AvgIpc) is 2.49. The van der Waals surface area contributed by atoms with E-state index in [0.29, 0.717) is 17.5 Å². The van der Waals surface area contributed by atoms with E-state index in [9.17, 15) is 0 Å². The zero-order valence-electron chi connectivity index (χ0n) is 7.98. The van der Waals surface area contributed by atoms with Gasteiger partial charge in [-0.25, -0.2) is 9.97 Å². The highest BCUT2D eigenvalue weighted by molar-refractivity contribution is 9.10. The predicted octanol–water partition coefficient (Wildman–Crippen LogP) is 2.45. The smallest absolute Gasteiger partial charge is 0.151 e. The summed E-state index contributed by atoms with van der Waals surface area (Å²) in [6.45, 7) is 2.41. The van der Waals surface area contributed by atoms with Crippen molar-refractivity contribution in [3.05, 3.63) is 39.6 Å². The summed E-state index contributed by atoms with van der Waals surface area (Å²) >= 11 is 9.16. The maximum absolute atomic E-state index is 5.83. The Kier molecular flexibility index (Phi) is 3.02. The Morgan fingerprint density at radius 2 is 2.27 bits per heavy atom. The fourth-order valence-corrected chi connectivity index (χ4v) is 1.81. The molecule has 15 heavy (non-hydrogen) atoms. The molecule has 2 rings (SSSR count). The van der Waals surface area contributed by atoms with Crippen LogP contribution < -0.4 is 0 Å². The van der Waals surface area contributed by atoms with Crippen LogP contribution in [0.5, 0.6) is 0 Å². The standard InChI is InChI=1S/C9H8BrClN4/c1-6-2-8(11)14-9(13-6)5-15-4-7(10)3-12-15/h2-4H,5H2,1H3. The number of aromatic nitrogens is 4. The molecule has 0 aromatic carbocycles. The minimum Gasteiger partial charge on any atom is -0.264 e. The molecule has 78 valence electrons. The monoisotopic (exact) mass is 286 g/mol. The summed E-state index contributed by atoms with van der Waals surface area (Å²) in [5.74, 6) is 0.663. The van der Waals surface area contributed by atoms with Crippen LogP contribution in [0.4, 0.5) is 0 Å². The summed E-state index contributed by atoms with van der Waals surface area (Å²) < 4.78 is 2.68. The lowest BCUT2D eigenvalue weighted by Crippen LogP contribution is -2.05. The van der Waals surface area contributed by atoms with Gasteiger partial charge in [0.25, 0.3) is 0 Å². The zero-order chi connectivity index (χ0) is 10.8. The van der Waals surface area contributed by atoms with Gasteiger partial charge < -0.3 is 0 Å². The molecule has 0 spiro atoms. The average molecular weight is 288 g/mol. The normalized spacial score (nSPS) is 10.6. The van der Waals surface area contributed by atoms with Crippen molar-refractivity contribution in [2.45, 2.75) is 13.5 Å². The molecule has 0 unspecified atom stereocenters. The molecule has 0 bridgehead atoms. The topological polar surface area (TPSA) is 43.6 Å². The van der Waals surface area contributed by atoms with Crippen LogP contribution in [0.1, 0.15) is 11.5 Å². The molecular formula is C9H8BrClN4. The van der Waals surface area contributed by atoms with E-state index in [0.717, 1.165) is 10.2 Å². The number of rotatable bonds is 2. The fourth-order valence-electron chi connectivity index (χ4n) is 1.23. The first-order chi connectivity index (χ1) is 7.13. The first kappa shape index (κ1) is 10.6. The molecule has 0 atom stereocenters. The van der Waals surface area contributed by atoms with Crippen molar-refractivity contribution in [3.63, 3.8) is 0 Å². The van der Waals surface area contributed by atoms with Gasteiger partial charge in [0.2, 0.25) is 0 Å². The van der Waals surface area contributed by atoms with Crippen LogP contribution in [0.3, 0.4) is 0 Å². The van der Waals surface area contributed by atoms with Gasteiger partial charge in [-0.1, -0.05) is 11.6 Å². The second kappa shape index (κ2) is 4.28. The van der Waals surface area contributed by atoms with E-state index < -0.39 is 0 Å². The lowest BCUT2D eigenvalue weighted by Gasteiger charge is -2.02. The fraction of sp³-hybridized carbons (Fsp3) is 0.222. The molecule has 6 heteroatoms. The second-order valence-electron chi connectivity index (χ2n) is 3.10. The molecule has 2 heterocycles. The van der Waals surface area contributed by atoms with Gasteiger partial charge in [-0.15, -0.1) is 0 Å². The maximum Gasteiger partial charge on any atom is 0.151 e. The summed E-state index contributed by atoms with van der Waals surface area (Å²) in [5, 5.41) is 4.58. The quantitative estimate of drug-likeness (QED) is 0.797. The summed E-state index contributed by atoms with van der Waals surface area (Å²) in [6, 6.07) is 1.73. The molecule has 2 aromatic rings. The Hall–Kier alpha value is -0.940.